The third-order valence-corrected chi connectivity index (χ3v) is 2.71. The van der Waals surface area contributed by atoms with Gasteiger partial charge in [0.15, 0.2) is 23.0 Å². The minimum atomic E-state index is -0.332. The average molecular weight is 259 g/mol. The Hall–Kier alpha value is 0.350. The summed E-state index contributed by atoms with van der Waals surface area (Å²) in [5.41, 5.74) is 0. The number of halogens is 1. The molecule has 52 valence electrons. The van der Waals surface area contributed by atoms with Gasteiger partial charge in [0.2, 0.25) is 0 Å². The molecule has 1 amide bonds. The van der Waals surface area contributed by atoms with Crippen molar-refractivity contribution < 1.29 is 7.86 Å². The predicted octanol–water partition coefficient (Wildman–Crippen LogP) is 1.18. The highest BCUT2D eigenvalue weighted by Crippen LogP contribution is 2.17. The van der Waals surface area contributed by atoms with Crippen molar-refractivity contribution in [3.8, 4) is 0 Å². The van der Waals surface area contributed by atoms with Gasteiger partial charge in [-0.1, -0.05) is 0 Å². The van der Waals surface area contributed by atoms with Crippen LogP contribution in [0.2, 0.25) is 0 Å². The highest BCUT2D eigenvalue weighted by atomic mass is 127. The largest absolute Gasteiger partial charge is 0.416 e. The zero-order valence-corrected chi connectivity index (χ0v) is 7.57. The van der Waals surface area contributed by atoms with Gasteiger partial charge in [-0.15, -0.1) is 0 Å². The number of nitrogens with one attached hydrogen (secondary N) is 1. The van der Waals surface area contributed by atoms with Gasteiger partial charge in [-0.2, -0.15) is 11.8 Å². The molecule has 0 unspecified atom stereocenters. The van der Waals surface area contributed by atoms with Gasteiger partial charge in [0, 0.05) is 11.5 Å². The fraction of sp³-hybridized carbons (Fsp3) is 0.750. The number of rotatable bonds is 1. The Labute approximate surface area is 71.6 Å². The van der Waals surface area contributed by atoms with E-state index >= 15 is 0 Å². The van der Waals surface area contributed by atoms with Crippen LogP contribution in [0.3, 0.4) is 0 Å². The second kappa shape index (κ2) is 3.50. The average Bonchev–Trinajstić information content (AvgIpc) is 1.78. The number of hydrogen-bond acceptors (Lipinski definition) is 3. The van der Waals surface area contributed by atoms with Crippen molar-refractivity contribution >= 4 is 40.9 Å². The molecule has 1 rings (SSSR count). The summed E-state index contributed by atoms with van der Waals surface area (Å²) in [6, 6.07) is 0.345. The molecule has 0 radical (unpaired) electrons. The van der Waals surface area contributed by atoms with Crippen molar-refractivity contribution in [3.05, 3.63) is 0 Å². The second-order valence-electron chi connectivity index (χ2n) is 1.74. The number of amides is 1. The fourth-order valence-electron chi connectivity index (χ4n) is 0.508. The van der Waals surface area contributed by atoms with Crippen LogP contribution >= 0.6 is 34.8 Å². The molecule has 0 saturated carbocycles. The maximum atomic E-state index is 10.5. The standard InChI is InChI=1S/C4H6INO2S/c5-8-4(7)6-3-1-9-2-3/h3H,1-2H2,(H,6,7). The molecule has 1 fully saturated rings. The van der Waals surface area contributed by atoms with Crippen molar-refractivity contribution in [1.29, 1.82) is 0 Å². The summed E-state index contributed by atoms with van der Waals surface area (Å²) < 4.78 is 4.37. The second-order valence-corrected chi connectivity index (χ2v) is 3.26. The van der Waals surface area contributed by atoms with Crippen molar-refractivity contribution in [2.75, 3.05) is 11.5 Å². The number of thioether (sulfide) groups is 1. The number of carbonyl (C=O) groups excluding carboxylic acids is 1. The van der Waals surface area contributed by atoms with Crippen LogP contribution in [-0.2, 0) is 3.07 Å². The van der Waals surface area contributed by atoms with E-state index in [0.717, 1.165) is 11.5 Å². The first kappa shape index (κ1) is 7.46. The molecule has 1 aliphatic heterocycles. The Kier molecular flexibility index (Phi) is 2.90. The van der Waals surface area contributed by atoms with E-state index in [1.165, 1.54) is 0 Å². The third kappa shape index (κ3) is 2.21. The molecule has 1 aliphatic rings. The number of carbonyl (C=O) groups is 1. The van der Waals surface area contributed by atoms with Crippen LogP contribution in [0.25, 0.3) is 0 Å². The van der Waals surface area contributed by atoms with Crippen molar-refractivity contribution in [3.63, 3.8) is 0 Å². The van der Waals surface area contributed by atoms with Crippen LogP contribution in [0.4, 0.5) is 4.79 Å². The summed E-state index contributed by atoms with van der Waals surface area (Å²) in [6.45, 7) is 0. The topological polar surface area (TPSA) is 38.3 Å². The molecule has 0 atom stereocenters. The summed E-state index contributed by atoms with van der Waals surface area (Å²) >= 11 is 3.39. The van der Waals surface area contributed by atoms with Gasteiger partial charge in [-0.25, -0.2) is 4.79 Å². The van der Waals surface area contributed by atoms with E-state index in [1.807, 2.05) is 11.8 Å². The van der Waals surface area contributed by atoms with Crippen LogP contribution in [0.15, 0.2) is 0 Å². The molecule has 0 aromatic carbocycles. The van der Waals surface area contributed by atoms with E-state index in [9.17, 15) is 4.79 Å². The van der Waals surface area contributed by atoms with Gasteiger partial charge >= 0.3 is 6.09 Å². The first-order valence-electron chi connectivity index (χ1n) is 2.50. The first-order chi connectivity index (χ1) is 4.33. The van der Waals surface area contributed by atoms with Crippen LogP contribution in [0, 0.1) is 0 Å². The quantitative estimate of drug-likeness (QED) is 0.718. The molecule has 0 aromatic rings. The fourth-order valence-corrected chi connectivity index (χ4v) is 1.27. The monoisotopic (exact) mass is 259 g/mol. The van der Waals surface area contributed by atoms with E-state index < -0.39 is 0 Å². The lowest BCUT2D eigenvalue weighted by Gasteiger charge is -2.24. The van der Waals surface area contributed by atoms with Gasteiger partial charge in [0.05, 0.1) is 6.04 Å². The Morgan fingerprint density at radius 2 is 2.44 bits per heavy atom. The first-order valence-corrected chi connectivity index (χ1v) is 4.53. The highest BCUT2D eigenvalue weighted by Gasteiger charge is 2.19. The molecule has 0 aromatic heterocycles. The van der Waals surface area contributed by atoms with Crippen molar-refractivity contribution in [2.45, 2.75) is 6.04 Å². The zero-order valence-electron chi connectivity index (χ0n) is 4.59. The summed E-state index contributed by atoms with van der Waals surface area (Å²) in [6.07, 6.45) is -0.332. The van der Waals surface area contributed by atoms with Crippen LogP contribution in [0.5, 0.6) is 0 Å². The lowest BCUT2D eigenvalue weighted by Crippen LogP contribution is -2.43. The van der Waals surface area contributed by atoms with Gasteiger partial charge < -0.3 is 8.38 Å². The minimum absolute atomic E-state index is 0.332. The molecule has 5 heteroatoms. The third-order valence-electron chi connectivity index (χ3n) is 1.03. The van der Waals surface area contributed by atoms with Crippen LogP contribution in [0.1, 0.15) is 0 Å². The Morgan fingerprint density at radius 3 is 2.78 bits per heavy atom. The molecule has 0 spiro atoms. The Morgan fingerprint density at radius 1 is 1.78 bits per heavy atom. The van der Waals surface area contributed by atoms with E-state index in [-0.39, 0.29) is 6.09 Å². The van der Waals surface area contributed by atoms with Crippen molar-refractivity contribution in [2.24, 2.45) is 0 Å². The molecular formula is C4H6INO2S. The molecular weight excluding hydrogens is 253 g/mol. The normalized spacial score (nSPS) is 18.3. The van der Waals surface area contributed by atoms with Crippen molar-refractivity contribution in [1.82, 2.24) is 5.32 Å². The molecule has 9 heavy (non-hydrogen) atoms. The lowest BCUT2D eigenvalue weighted by molar-refractivity contribution is 0.212. The summed E-state index contributed by atoms with van der Waals surface area (Å²) in [7, 11) is 0. The van der Waals surface area contributed by atoms with E-state index in [0.29, 0.717) is 6.04 Å². The Bertz CT molecular complexity index is 117. The predicted molar refractivity (Wildman–Crippen MR) is 44.7 cm³/mol. The lowest BCUT2D eigenvalue weighted by atomic mass is 10.4. The van der Waals surface area contributed by atoms with Crippen LogP contribution in [-0.4, -0.2) is 23.6 Å². The highest BCUT2D eigenvalue weighted by molar-refractivity contribution is 14.1. The SMILES string of the molecule is O=C(NC1CSC1)OI. The molecule has 0 aliphatic carbocycles. The van der Waals surface area contributed by atoms with E-state index in [2.05, 4.69) is 8.38 Å². The van der Waals surface area contributed by atoms with Gasteiger partial charge in [0.1, 0.15) is 0 Å². The molecule has 1 heterocycles. The summed E-state index contributed by atoms with van der Waals surface area (Å²) in [5.74, 6) is 2.04. The Balaban J connectivity index is 2.09. The van der Waals surface area contributed by atoms with Gasteiger partial charge in [0.25, 0.3) is 0 Å². The molecule has 3 nitrogen and oxygen atoms in total. The van der Waals surface area contributed by atoms with Gasteiger partial charge in [-0.05, 0) is 0 Å². The molecule has 1 saturated heterocycles. The van der Waals surface area contributed by atoms with E-state index in [1.54, 1.807) is 23.0 Å². The summed E-state index contributed by atoms with van der Waals surface area (Å²) in [4.78, 5) is 10.5. The summed E-state index contributed by atoms with van der Waals surface area (Å²) in [5, 5.41) is 2.68. The smallest absolute Gasteiger partial charge is 0.378 e. The van der Waals surface area contributed by atoms with Gasteiger partial charge in [-0.3, -0.25) is 0 Å². The minimum Gasteiger partial charge on any atom is -0.378 e. The molecule has 0 bridgehead atoms. The number of hydrogen-bond donors (Lipinski definition) is 1. The molecule has 1 N–H and O–H groups in total. The maximum Gasteiger partial charge on any atom is 0.416 e. The van der Waals surface area contributed by atoms with Crippen LogP contribution < -0.4 is 5.32 Å². The maximum absolute atomic E-state index is 10.5. The zero-order chi connectivity index (χ0) is 6.69. The van der Waals surface area contributed by atoms with E-state index in [4.69, 9.17) is 0 Å².